The van der Waals surface area contributed by atoms with Crippen LogP contribution in [0.2, 0.25) is 5.02 Å². The van der Waals surface area contributed by atoms with Crippen molar-refractivity contribution in [2.75, 3.05) is 7.05 Å². The highest BCUT2D eigenvalue weighted by atomic mass is 35.5. The van der Waals surface area contributed by atoms with E-state index in [4.69, 9.17) is 23.2 Å². The molecule has 0 heterocycles. The standard InChI is InChI=1S/C16H15Cl2NO2/c1-19(10-12-9-13(17)7-8-14(12)20)16(21)15(18)11-5-3-2-4-6-11/h2-9,15,20H,10H2,1H3. The summed E-state index contributed by atoms with van der Waals surface area (Å²) in [4.78, 5) is 13.8. The van der Waals surface area contributed by atoms with Crippen molar-refractivity contribution in [3.8, 4) is 5.75 Å². The van der Waals surface area contributed by atoms with Crippen LogP contribution >= 0.6 is 23.2 Å². The van der Waals surface area contributed by atoms with Gasteiger partial charge in [0.05, 0.1) is 0 Å². The molecule has 21 heavy (non-hydrogen) atoms. The van der Waals surface area contributed by atoms with Crippen LogP contribution < -0.4 is 0 Å². The van der Waals surface area contributed by atoms with Crippen LogP contribution in [0.25, 0.3) is 0 Å². The largest absolute Gasteiger partial charge is 0.508 e. The van der Waals surface area contributed by atoms with Gasteiger partial charge in [-0.15, -0.1) is 11.6 Å². The molecule has 0 spiro atoms. The Hall–Kier alpha value is -1.71. The number of hydrogen-bond acceptors (Lipinski definition) is 2. The first-order valence-electron chi connectivity index (χ1n) is 6.40. The first kappa shape index (κ1) is 15.7. The van der Waals surface area contributed by atoms with Gasteiger partial charge in [0.25, 0.3) is 0 Å². The van der Waals surface area contributed by atoms with Crippen molar-refractivity contribution < 1.29 is 9.90 Å². The summed E-state index contributed by atoms with van der Waals surface area (Å²) < 4.78 is 0. The molecule has 3 nitrogen and oxygen atoms in total. The average molecular weight is 324 g/mol. The Kier molecular flexibility index (Phi) is 5.10. The average Bonchev–Trinajstić information content (AvgIpc) is 2.50. The molecule has 0 fully saturated rings. The molecular weight excluding hydrogens is 309 g/mol. The zero-order valence-corrected chi connectivity index (χ0v) is 13.0. The lowest BCUT2D eigenvalue weighted by atomic mass is 10.1. The summed E-state index contributed by atoms with van der Waals surface area (Å²) in [5.41, 5.74) is 1.32. The first-order valence-corrected chi connectivity index (χ1v) is 7.22. The third-order valence-electron chi connectivity index (χ3n) is 3.13. The van der Waals surface area contributed by atoms with Crippen molar-refractivity contribution in [3.05, 3.63) is 64.7 Å². The van der Waals surface area contributed by atoms with Crippen molar-refractivity contribution in [3.63, 3.8) is 0 Å². The number of rotatable bonds is 4. The van der Waals surface area contributed by atoms with Crippen LogP contribution in [0, 0.1) is 0 Å². The molecule has 0 aliphatic heterocycles. The van der Waals surface area contributed by atoms with Gasteiger partial charge in [-0.05, 0) is 23.8 Å². The maximum Gasteiger partial charge on any atom is 0.245 e. The van der Waals surface area contributed by atoms with Gasteiger partial charge in [-0.2, -0.15) is 0 Å². The molecule has 0 saturated carbocycles. The van der Waals surface area contributed by atoms with E-state index < -0.39 is 5.38 Å². The van der Waals surface area contributed by atoms with Gasteiger partial charge < -0.3 is 10.0 Å². The Morgan fingerprint density at radius 1 is 1.24 bits per heavy atom. The lowest BCUT2D eigenvalue weighted by molar-refractivity contribution is -0.130. The molecular formula is C16H15Cl2NO2. The summed E-state index contributed by atoms with van der Waals surface area (Å²) in [5.74, 6) is -0.132. The molecule has 2 rings (SSSR count). The number of carbonyl (C=O) groups excluding carboxylic acids is 1. The van der Waals surface area contributed by atoms with Crippen molar-refractivity contribution in [1.29, 1.82) is 0 Å². The van der Waals surface area contributed by atoms with Gasteiger partial charge >= 0.3 is 0 Å². The molecule has 1 unspecified atom stereocenters. The summed E-state index contributed by atoms with van der Waals surface area (Å²) in [7, 11) is 1.64. The van der Waals surface area contributed by atoms with E-state index in [2.05, 4.69) is 0 Å². The molecule has 2 aromatic rings. The van der Waals surface area contributed by atoms with Gasteiger partial charge in [0.15, 0.2) is 0 Å². The minimum Gasteiger partial charge on any atom is -0.508 e. The molecule has 0 bridgehead atoms. The number of likely N-dealkylation sites (N-methyl/N-ethyl adjacent to an activating group) is 1. The maximum atomic E-state index is 12.3. The molecule has 5 heteroatoms. The number of carbonyl (C=O) groups is 1. The van der Waals surface area contributed by atoms with Crippen LogP contribution in [0.5, 0.6) is 5.75 Å². The SMILES string of the molecule is CN(Cc1cc(Cl)ccc1O)C(=O)C(Cl)c1ccccc1. The van der Waals surface area contributed by atoms with Crippen LogP contribution in [0.4, 0.5) is 0 Å². The fourth-order valence-corrected chi connectivity index (χ4v) is 2.48. The second-order valence-corrected chi connectivity index (χ2v) is 5.61. The van der Waals surface area contributed by atoms with Crippen LogP contribution in [0.15, 0.2) is 48.5 Å². The van der Waals surface area contributed by atoms with Crippen LogP contribution in [0.3, 0.4) is 0 Å². The normalized spacial score (nSPS) is 12.0. The lowest BCUT2D eigenvalue weighted by Crippen LogP contribution is -2.29. The summed E-state index contributed by atoms with van der Waals surface area (Å²) in [5, 5.41) is 9.55. The minimum atomic E-state index is -0.752. The molecule has 0 aliphatic rings. The number of phenolic OH excluding ortho intramolecular Hbond substituents is 1. The van der Waals surface area contributed by atoms with E-state index in [1.807, 2.05) is 18.2 Å². The number of aromatic hydroxyl groups is 1. The Morgan fingerprint density at radius 3 is 2.57 bits per heavy atom. The Bertz CT molecular complexity index is 631. The number of amides is 1. The first-order chi connectivity index (χ1) is 9.99. The van der Waals surface area contributed by atoms with Gasteiger partial charge in [-0.3, -0.25) is 4.79 Å². The monoisotopic (exact) mass is 323 g/mol. The van der Waals surface area contributed by atoms with Crippen LogP contribution in [-0.4, -0.2) is 23.0 Å². The van der Waals surface area contributed by atoms with Crippen molar-refractivity contribution in [2.24, 2.45) is 0 Å². The van der Waals surface area contributed by atoms with Gasteiger partial charge in [-0.25, -0.2) is 0 Å². The number of hydrogen-bond donors (Lipinski definition) is 1. The van der Waals surface area contributed by atoms with E-state index in [9.17, 15) is 9.90 Å². The second kappa shape index (κ2) is 6.83. The van der Waals surface area contributed by atoms with E-state index >= 15 is 0 Å². The lowest BCUT2D eigenvalue weighted by Gasteiger charge is -2.21. The zero-order chi connectivity index (χ0) is 15.4. The topological polar surface area (TPSA) is 40.5 Å². The van der Waals surface area contributed by atoms with Gasteiger partial charge in [-0.1, -0.05) is 41.9 Å². The van der Waals surface area contributed by atoms with Crippen molar-refractivity contribution in [1.82, 2.24) is 4.90 Å². The molecule has 0 aromatic heterocycles. The highest BCUT2D eigenvalue weighted by Crippen LogP contribution is 2.26. The third-order valence-corrected chi connectivity index (χ3v) is 3.81. The number of halogens is 2. The maximum absolute atomic E-state index is 12.3. The number of alkyl halides is 1. The quantitative estimate of drug-likeness (QED) is 0.864. The summed E-state index contributed by atoms with van der Waals surface area (Å²) in [6.45, 7) is 0.237. The second-order valence-electron chi connectivity index (χ2n) is 4.74. The smallest absolute Gasteiger partial charge is 0.245 e. The fourth-order valence-electron chi connectivity index (χ4n) is 1.97. The molecule has 0 radical (unpaired) electrons. The molecule has 1 atom stereocenters. The van der Waals surface area contributed by atoms with Crippen LogP contribution in [-0.2, 0) is 11.3 Å². The number of nitrogens with zero attached hydrogens (tertiary/aromatic N) is 1. The third kappa shape index (κ3) is 3.90. The zero-order valence-electron chi connectivity index (χ0n) is 11.5. The minimum absolute atomic E-state index is 0.102. The van der Waals surface area contributed by atoms with E-state index in [0.29, 0.717) is 10.6 Å². The summed E-state index contributed by atoms with van der Waals surface area (Å²) in [6, 6.07) is 13.9. The molecule has 0 saturated heterocycles. The van der Waals surface area contributed by atoms with Crippen molar-refractivity contribution in [2.45, 2.75) is 11.9 Å². The predicted molar refractivity (Wildman–Crippen MR) is 84.6 cm³/mol. The number of phenols is 1. The Labute approximate surface area is 133 Å². The summed E-state index contributed by atoms with van der Waals surface area (Å²) >= 11 is 12.1. The summed E-state index contributed by atoms with van der Waals surface area (Å²) in [6.07, 6.45) is 0. The van der Waals surface area contributed by atoms with Gasteiger partial charge in [0.2, 0.25) is 5.91 Å². The van der Waals surface area contributed by atoms with E-state index in [0.717, 1.165) is 5.56 Å². The molecule has 0 aliphatic carbocycles. The number of benzene rings is 2. The van der Waals surface area contributed by atoms with Crippen molar-refractivity contribution >= 4 is 29.1 Å². The van der Waals surface area contributed by atoms with E-state index in [1.165, 1.54) is 11.0 Å². The van der Waals surface area contributed by atoms with Gasteiger partial charge in [0.1, 0.15) is 11.1 Å². The van der Waals surface area contributed by atoms with E-state index in [1.54, 1.807) is 31.3 Å². The highest BCUT2D eigenvalue weighted by molar-refractivity contribution is 6.31. The Morgan fingerprint density at radius 2 is 1.90 bits per heavy atom. The highest BCUT2D eigenvalue weighted by Gasteiger charge is 2.22. The molecule has 1 N–H and O–H groups in total. The molecule has 110 valence electrons. The van der Waals surface area contributed by atoms with Gasteiger partial charge in [0, 0.05) is 24.2 Å². The Balaban J connectivity index is 2.11. The molecule has 1 amide bonds. The van der Waals surface area contributed by atoms with Crippen LogP contribution in [0.1, 0.15) is 16.5 Å². The fraction of sp³-hybridized carbons (Fsp3) is 0.188. The predicted octanol–water partition coefficient (Wildman–Crippen LogP) is 3.98. The molecule has 2 aromatic carbocycles. The van der Waals surface area contributed by atoms with E-state index in [-0.39, 0.29) is 18.2 Å².